The first-order chi connectivity index (χ1) is 9.47. The molecule has 1 aromatic rings. The molecular weight excluding hydrogens is 447 g/mol. The fourth-order valence-corrected chi connectivity index (χ4v) is 2.08. The molecule has 0 bridgehead atoms. The number of hydrogen-bond donors (Lipinski definition) is 2. The van der Waals surface area contributed by atoms with Crippen molar-refractivity contribution >= 4 is 57.5 Å². The molecule has 0 radical (unpaired) electrons. The summed E-state index contributed by atoms with van der Waals surface area (Å²) < 4.78 is 0.921. The molecule has 0 unspecified atom stereocenters. The van der Waals surface area contributed by atoms with Gasteiger partial charge in [0.25, 0.3) is 0 Å². The van der Waals surface area contributed by atoms with Crippen LogP contribution in [0, 0.1) is 6.92 Å². The van der Waals surface area contributed by atoms with Crippen molar-refractivity contribution in [3.63, 3.8) is 0 Å². The normalized spacial score (nSPS) is 10.8. The molecule has 0 atom stereocenters. The van der Waals surface area contributed by atoms with Gasteiger partial charge in [0.2, 0.25) is 5.91 Å². The largest absolute Gasteiger partial charge is 0.370 e. The minimum absolute atomic E-state index is 0. The number of aliphatic imine (C=N–C) groups is 1. The minimum Gasteiger partial charge on any atom is -0.370 e. The molecule has 0 aliphatic carbocycles. The van der Waals surface area contributed by atoms with Gasteiger partial charge < -0.3 is 16.0 Å². The van der Waals surface area contributed by atoms with Crippen molar-refractivity contribution in [1.29, 1.82) is 0 Å². The summed E-state index contributed by atoms with van der Waals surface area (Å²) in [4.78, 5) is 17.9. The highest BCUT2D eigenvalue weighted by Crippen LogP contribution is 2.20. The van der Waals surface area contributed by atoms with Crippen LogP contribution in [-0.4, -0.2) is 36.4 Å². The summed E-state index contributed by atoms with van der Waals surface area (Å²) in [5, 5.41) is 2.83. The molecule has 0 spiro atoms. The molecule has 7 heteroatoms. The quantitative estimate of drug-likeness (QED) is 0.396. The SMILES string of the molecule is CCN(CC)C(N)=NCC(=O)Nc1cc(Br)ccc1C.I. The fraction of sp³-hybridized carbons (Fsp3) is 0.429. The van der Waals surface area contributed by atoms with Gasteiger partial charge in [-0.3, -0.25) is 4.79 Å². The third kappa shape index (κ3) is 6.64. The molecule has 3 N–H and O–H groups in total. The van der Waals surface area contributed by atoms with E-state index in [1.807, 2.05) is 43.9 Å². The van der Waals surface area contributed by atoms with Crippen LogP contribution >= 0.6 is 39.9 Å². The molecule has 118 valence electrons. The Kier molecular flexibility index (Phi) is 9.60. The zero-order valence-electron chi connectivity index (χ0n) is 12.5. The number of halogens is 2. The van der Waals surface area contributed by atoms with Gasteiger partial charge in [-0.2, -0.15) is 0 Å². The first-order valence-corrected chi connectivity index (χ1v) is 7.38. The molecule has 0 heterocycles. The van der Waals surface area contributed by atoms with Gasteiger partial charge in [0.15, 0.2) is 5.96 Å². The lowest BCUT2D eigenvalue weighted by molar-refractivity contribution is -0.114. The van der Waals surface area contributed by atoms with E-state index >= 15 is 0 Å². The Bertz CT molecular complexity index is 504. The van der Waals surface area contributed by atoms with Gasteiger partial charge in [0, 0.05) is 23.2 Å². The second-order valence-corrected chi connectivity index (χ2v) is 5.27. The number of nitrogens with one attached hydrogen (secondary N) is 1. The molecule has 5 nitrogen and oxygen atoms in total. The number of anilines is 1. The lowest BCUT2D eigenvalue weighted by atomic mass is 10.2. The first-order valence-electron chi connectivity index (χ1n) is 6.58. The molecule has 21 heavy (non-hydrogen) atoms. The van der Waals surface area contributed by atoms with E-state index in [0.717, 1.165) is 28.8 Å². The van der Waals surface area contributed by atoms with E-state index in [0.29, 0.717) is 5.96 Å². The van der Waals surface area contributed by atoms with Crippen LogP contribution in [0.15, 0.2) is 27.7 Å². The number of amides is 1. The molecule has 0 aliphatic rings. The molecular formula is C14H22BrIN4O. The lowest BCUT2D eigenvalue weighted by Crippen LogP contribution is -2.37. The van der Waals surface area contributed by atoms with Gasteiger partial charge in [-0.15, -0.1) is 24.0 Å². The zero-order valence-corrected chi connectivity index (χ0v) is 16.4. The molecule has 0 aromatic heterocycles. The van der Waals surface area contributed by atoms with E-state index < -0.39 is 0 Å². The summed E-state index contributed by atoms with van der Waals surface area (Å²) in [6, 6.07) is 5.74. The predicted octanol–water partition coefficient (Wildman–Crippen LogP) is 2.97. The number of carbonyl (C=O) groups is 1. The Labute approximate surface area is 151 Å². The highest BCUT2D eigenvalue weighted by Gasteiger charge is 2.07. The number of nitrogens with two attached hydrogens (primary N) is 1. The maximum Gasteiger partial charge on any atom is 0.246 e. The Morgan fingerprint density at radius 1 is 1.38 bits per heavy atom. The van der Waals surface area contributed by atoms with Crippen LogP contribution in [-0.2, 0) is 4.79 Å². The standard InChI is InChI=1S/C14H21BrN4O.HI/c1-4-19(5-2)14(16)17-9-13(20)18-12-8-11(15)7-6-10(12)3;/h6-8H,4-5,9H2,1-3H3,(H2,16,17)(H,18,20);1H. The Morgan fingerprint density at radius 2 is 2.00 bits per heavy atom. The number of nitrogens with zero attached hydrogens (tertiary/aromatic N) is 2. The third-order valence-electron chi connectivity index (χ3n) is 2.95. The summed E-state index contributed by atoms with van der Waals surface area (Å²) in [6.45, 7) is 7.51. The summed E-state index contributed by atoms with van der Waals surface area (Å²) >= 11 is 3.38. The Morgan fingerprint density at radius 3 is 2.57 bits per heavy atom. The van der Waals surface area contributed by atoms with Crippen molar-refractivity contribution in [2.75, 3.05) is 25.0 Å². The average molecular weight is 469 g/mol. The second kappa shape index (κ2) is 9.99. The monoisotopic (exact) mass is 468 g/mol. The van der Waals surface area contributed by atoms with Crippen molar-refractivity contribution < 1.29 is 4.79 Å². The van der Waals surface area contributed by atoms with Crippen LogP contribution in [0.25, 0.3) is 0 Å². The number of aryl methyl sites for hydroxylation is 1. The Hall–Kier alpha value is -0.830. The number of hydrogen-bond acceptors (Lipinski definition) is 2. The van der Waals surface area contributed by atoms with Crippen molar-refractivity contribution in [1.82, 2.24) is 4.90 Å². The van der Waals surface area contributed by atoms with E-state index in [1.165, 1.54) is 0 Å². The topological polar surface area (TPSA) is 70.7 Å². The third-order valence-corrected chi connectivity index (χ3v) is 3.44. The minimum atomic E-state index is -0.179. The molecule has 0 fully saturated rings. The molecule has 0 aliphatic heterocycles. The number of carbonyl (C=O) groups excluding carboxylic acids is 1. The molecule has 1 aromatic carbocycles. The molecule has 1 rings (SSSR count). The molecule has 0 saturated carbocycles. The van der Waals surface area contributed by atoms with E-state index in [4.69, 9.17) is 5.73 Å². The van der Waals surface area contributed by atoms with E-state index in [1.54, 1.807) is 0 Å². The van der Waals surface area contributed by atoms with Crippen molar-refractivity contribution in [3.05, 3.63) is 28.2 Å². The predicted molar refractivity (Wildman–Crippen MR) is 102 cm³/mol. The van der Waals surface area contributed by atoms with Crippen molar-refractivity contribution in [2.45, 2.75) is 20.8 Å². The summed E-state index contributed by atoms with van der Waals surface area (Å²) in [6.07, 6.45) is 0. The van der Waals surface area contributed by atoms with E-state index in [9.17, 15) is 4.79 Å². The zero-order chi connectivity index (χ0) is 15.1. The van der Waals surface area contributed by atoms with Crippen LogP contribution in [0.4, 0.5) is 5.69 Å². The molecule has 1 amide bonds. The summed E-state index contributed by atoms with van der Waals surface area (Å²) in [5.41, 5.74) is 7.60. The van der Waals surface area contributed by atoms with Gasteiger partial charge in [-0.25, -0.2) is 4.99 Å². The number of guanidine groups is 1. The highest BCUT2D eigenvalue weighted by atomic mass is 127. The maximum atomic E-state index is 11.9. The van der Waals surface area contributed by atoms with Crippen LogP contribution in [0.1, 0.15) is 19.4 Å². The van der Waals surface area contributed by atoms with E-state index in [-0.39, 0.29) is 36.4 Å². The maximum absolute atomic E-state index is 11.9. The van der Waals surface area contributed by atoms with Gasteiger partial charge in [-0.1, -0.05) is 22.0 Å². The highest BCUT2D eigenvalue weighted by molar-refractivity contribution is 14.0. The summed E-state index contributed by atoms with van der Waals surface area (Å²) in [7, 11) is 0. The van der Waals surface area contributed by atoms with Gasteiger partial charge in [0.05, 0.1) is 0 Å². The van der Waals surface area contributed by atoms with Gasteiger partial charge in [-0.05, 0) is 38.5 Å². The van der Waals surface area contributed by atoms with Crippen molar-refractivity contribution in [2.24, 2.45) is 10.7 Å². The van der Waals surface area contributed by atoms with Gasteiger partial charge >= 0.3 is 0 Å². The average Bonchev–Trinajstić information content (AvgIpc) is 2.42. The van der Waals surface area contributed by atoms with Crippen LogP contribution < -0.4 is 11.1 Å². The molecule has 0 saturated heterocycles. The van der Waals surface area contributed by atoms with Crippen LogP contribution in [0.5, 0.6) is 0 Å². The lowest BCUT2D eigenvalue weighted by Gasteiger charge is -2.19. The second-order valence-electron chi connectivity index (χ2n) is 4.35. The van der Waals surface area contributed by atoms with Crippen molar-refractivity contribution in [3.8, 4) is 0 Å². The smallest absolute Gasteiger partial charge is 0.246 e. The van der Waals surface area contributed by atoms with E-state index in [2.05, 4.69) is 26.2 Å². The van der Waals surface area contributed by atoms with Crippen LogP contribution in [0.2, 0.25) is 0 Å². The number of rotatable bonds is 5. The van der Waals surface area contributed by atoms with Crippen LogP contribution in [0.3, 0.4) is 0 Å². The Balaban J connectivity index is 0.00000400. The first kappa shape index (κ1) is 20.2. The summed E-state index contributed by atoms with van der Waals surface area (Å²) in [5.74, 6) is 0.220. The van der Waals surface area contributed by atoms with Gasteiger partial charge in [0.1, 0.15) is 6.54 Å². The fourth-order valence-electron chi connectivity index (χ4n) is 1.72. The number of benzene rings is 1.